The molecule has 1 aliphatic heterocycles. The normalized spacial score (nSPS) is 17.7. The molecule has 0 saturated heterocycles. The lowest BCUT2D eigenvalue weighted by Crippen LogP contribution is -2.12. The molecule has 0 amide bonds. The largest absolute Gasteiger partial charge is 0.313 e. The van der Waals surface area contributed by atoms with Crippen molar-refractivity contribution in [2.24, 2.45) is 0 Å². The first-order valence-electron chi connectivity index (χ1n) is 4.92. The molecule has 1 aromatic rings. The molecule has 13 heavy (non-hydrogen) atoms. The van der Waals surface area contributed by atoms with Gasteiger partial charge in [-0.1, -0.05) is 36.4 Å². The predicted molar refractivity (Wildman–Crippen MR) is 58.6 cm³/mol. The van der Waals surface area contributed by atoms with Gasteiger partial charge in [-0.25, -0.2) is 0 Å². The zero-order valence-corrected chi connectivity index (χ0v) is 7.79. The van der Waals surface area contributed by atoms with Crippen molar-refractivity contribution in [2.75, 3.05) is 13.1 Å². The molecule has 0 radical (unpaired) electrons. The van der Waals surface area contributed by atoms with Crippen LogP contribution in [-0.2, 0) is 0 Å². The third-order valence-electron chi connectivity index (χ3n) is 2.44. The summed E-state index contributed by atoms with van der Waals surface area (Å²) in [5, 5.41) is 3.37. The van der Waals surface area contributed by atoms with Crippen LogP contribution in [0.15, 0.2) is 36.4 Å². The lowest BCUT2D eigenvalue weighted by molar-refractivity contribution is 0.723. The van der Waals surface area contributed by atoms with Crippen molar-refractivity contribution in [3.8, 4) is 0 Å². The van der Waals surface area contributed by atoms with Crippen molar-refractivity contribution >= 4 is 5.57 Å². The molecule has 0 aromatic heterocycles. The van der Waals surface area contributed by atoms with Gasteiger partial charge in [0, 0.05) is 7.97 Å². The summed E-state index contributed by atoms with van der Waals surface area (Å²) in [6.45, 7) is 2.16. The van der Waals surface area contributed by atoms with Gasteiger partial charge >= 0.3 is 0 Å². The molecule has 1 N–H and O–H groups in total. The molecule has 1 heteroatoms. The fourth-order valence-electron chi connectivity index (χ4n) is 1.72. The molecule has 1 nitrogen and oxygen atoms in total. The molecule has 0 unspecified atom stereocenters. The summed E-state index contributed by atoms with van der Waals surface area (Å²) in [6.07, 6.45) is 4.76. The van der Waals surface area contributed by atoms with Crippen molar-refractivity contribution in [2.45, 2.75) is 12.8 Å². The van der Waals surface area contributed by atoms with Crippen LogP contribution >= 0.6 is 0 Å². The van der Waals surface area contributed by atoms with Gasteiger partial charge in [-0.05, 0) is 30.5 Å². The molecule has 1 heterocycles. The summed E-state index contributed by atoms with van der Waals surface area (Å²) in [5.41, 5.74) is 2.87. The molecule has 0 fully saturated rings. The average molecular weight is 175 g/mol. The number of rotatable bonds is 1. The molecule has 70 valence electrons. The van der Waals surface area contributed by atoms with E-state index in [1.54, 1.807) is 0 Å². The van der Waals surface area contributed by atoms with E-state index in [0.29, 0.717) is 0 Å². The van der Waals surface area contributed by atoms with E-state index in [0.717, 1.165) is 13.1 Å². The Kier molecular flexibility index (Phi) is 2.78. The van der Waals surface area contributed by atoms with Crippen LogP contribution in [0.25, 0.3) is 5.57 Å². The summed E-state index contributed by atoms with van der Waals surface area (Å²) in [7, 11) is 0. The molecule has 0 saturated carbocycles. The summed E-state index contributed by atoms with van der Waals surface area (Å²) in [6, 6.07) is 10.7. The number of allylic oxidation sites excluding steroid dienone is 1. The third-order valence-corrected chi connectivity index (χ3v) is 2.44. The minimum absolute atomic E-state index is 0. The van der Waals surface area contributed by atoms with Gasteiger partial charge in [0.15, 0.2) is 0 Å². The monoisotopic (exact) mass is 175 g/mol. The van der Waals surface area contributed by atoms with Crippen LogP contribution in [0.5, 0.6) is 0 Å². The molecule has 1 aliphatic rings. The average Bonchev–Trinajstić information content (AvgIpc) is 2.47. The van der Waals surface area contributed by atoms with Crippen molar-refractivity contribution in [1.29, 1.82) is 0 Å². The topological polar surface area (TPSA) is 12.0 Å². The van der Waals surface area contributed by atoms with Crippen molar-refractivity contribution in [3.05, 3.63) is 42.0 Å². The zero-order valence-electron chi connectivity index (χ0n) is 7.79. The van der Waals surface area contributed by atoms with Gasteiger partial charge < -0.3 is 5.32 Å². The van der Waals surface area contributed by atoms with Crippen molar-refractivity contribution in [3.63, 3.8) is 0 Å². The second-order valence-corrected chi connectivity index (χ2v) is 3.40. The Balaban J connectivity index is 0.000000980. The number of hydrogen-bond donors (Lipinski definition) is 1. The molecule has 0 atom stereocenters. The van der Waals surface area contributed by atoms with Gasteiger partial charge in [0.1, 0.15) is 0 Å². The molecule has 1 aromatic carbocycles. The standard InChI is InChI=1S/C12H15N.H2/c1-2-5-11(6-3-1)12-7-4-9-13-10-8-12;/h1-3,5-6,8,13H,4,7,9-10H2;1H. The molecular formula is C12H17N. The van der Waals surface area contributed by atoms with Gasteiger partial charge in [0.05, 0.1) is 0 Å². The number of benzene rings is 1. The molecule has 2 rings (SSSR count). The third kappa shape index (κ3) is 2.19. The van der Waals surface area contributed by atoms with Gasteiger partial charge in [0.25, 0.3) is 0 Å². The summed E-state index contributed by atoms with van der Waals surface area (Å²) < 4.78 is 0. The zero-order chi connectivity index (χ0) is 8.93. The maximum absolute atomic E-state index is 3.37. The highest BCUT2D eigenvalue weighted by Gasteiger charge is 2.03. The highest BCUT2D eigenvalue weighted by atomic mass is 14.8. The van der Waals surface area contributed by atoms with E-state index < -0.39 is 0 Å². The molecule has 0 bridgehead atoms. The Morgan fingerprint density at radius 3 is 2.85 bits per heavy atom. The van der Waals surface area contributed by atoms with Crippen LogP contribution in [0.1, 0.15) is 19.8 Å². The van der Waals surface area contributed by atoms with E-state index >= 15 is 0 Å². The Hall–Kier alpha value is -1.08. The number of nitrogens with one attached hydrogen (secondary N) is 1. The van der Waals surface area contributed by atoms with Crippen LogP contribution in [0.4, 0.5) is 0 Å². The lowest BCUT2D eigenvalue weighted by Gasteiger charge is -2.03. The minimum Gasteiger partial charge on any atom is -0.313 e. The Labute approximate surface area is 81.0 Å². The second kappa shape index (κ2) is 4.24. The summed E-state index contributed by atoms with van der Waals surface area (Å²) in [5.74, 6) is 0. The van der Waals surface area contributed by atoms with E-state index in [-0.39, 0.29) is 1.43 Å². The smallest absolute Gasteiger partial charge is 0.0140 e. The first-order valence-corrected chi connectivity index (χ1v) is 4.92. The highest BCUT2D eigenvalue weighted by molar-refractivity contribution is 5.65. The number of hydrogen-bond acceptors (Lipinski definition) is 1. The minimum atomic E-state index is 0. The fourth-order valence-corrected chi connectivity index (χ4v) is 1.72. The van der Waals surface area contributed by atoms with Crippen LogP contribution in [0, 0.1) is 0 Å². The Morgan fingerprint density at radius 1 is 1.15 bits per heavy atom. The van der Waals surface area contributed by atoms with Gasteiger partial charge in [-0.3, -0.25) is 0 Å². The first-order chi connectivity index (χ1) is 6.47. The summed E-state index contributed by atoms with van der Waals surface area (Å²) >= 11 is 0. The van der Waals surface area contributed by atoms with Crippen LogP contribution < -0.4 is 5.32 Å². The van der Waals surface area contributed by atoms with E-state index in [4.69, 9.17) is 0 Å². The fraction of sp³-hybridized carbons (Fsp3) is 0.333. The van der Waals surface area contributed by atoms with Gasteiger partial charge in [0.2, 0.25) is 0 Å². The van der Waals surface area contributed by atoms with E-state index in [1.165, 1.54) is 24.0 Å². The Morgan fingerprint density at radius 2 is 2.00 bits per heavy atom. The molecule has 0 aliphatic carbocycles. The van der Waals surface area contributed by atoms with Crippen LogP contribution in [-0.4, -0.2) is 13.1 Å². The molecule has 0 spiro atoms. The van der Waals surface area contributed by atoms with Crippen molar-refractivity contribution < 1.29 is 1.43 Å². The predicted octanol–water partition coefficient (Wildman–Crippen LogP) is 2.70. The first kappa shape index (κ1) is 8.52. The van der Waals surface area contributed by atoms with E-state index in [1.807, 2.05) is 0 Å². The Bertz CT molecular complexity index is 292. The van der Waals surface area contributed by atoms with E-state index in [9.17, 15) is 0 Å². The second-order valence-electron chi connectivity index (χ2n) is 3.40. The SMILES string of the molecule is C1=C(c2ccccc2)CCCNC1.[HH]. The van der Waals surface area contributed by atoms with Gasteiger partial charge in [-0.15, -0.1) is 0 Å². The maximum Gasteiger partial charge on any atom is 0.0140 e. The van der Waals surface area contributed by atoms with Gasteiger partial charge in [-0.2, -0.15) is 0 Å². The maximum atomic E-state index is 3.37. The molecular weight excluding hydrogens is 158 g/mol. The highest BCUT2D eigenvalue weighted by Crippen LogP contribution is 2.19. The summed E-state index contributed by atoms with van der Waals surface area (Å²) in [4.78, 5) is 0. The quantitative estimate of drug-likeness (QED) is 0.692. The van der Waals surface area contributed by atoms with Crippen molar-refractivity contribution in [1.82, 2.24) is 5.32 Å². The van der Waals surface area contributed by atoms with E-state index in [2.05, 4.69) is 41.7 Å². The lowest BCUT2D eigenvalue weighted by atomic mass is 10.0. The van der Waals surface area contributed by atoms with Crippen LogP contribution in [0.2, 0.25) is 0 Å². The van der Waals surface area contributed by atoms with Crippen LogP contribution in [0.3, 0.4) is 0 Å².